The highest BCUT2D eigenvalue weighted by Crippen LogP contribution is 2.15. The van der Waals surface area contributed by atoms with Crippen LogP contribution >= 0.6 is 0 Å². The van der Waals surface area contributed by atoms with Crippen LogP contribution in [0.4, 0.5) is 5.69 Å². The van der Waals surface area contributed by atoms with Gasteiger partial charge < -0.3 is 10.2 Å². The Bertz CT molecular complexity index is 628. The van der Waals surface area contributed by atoms with E-state index in [0.29, 0.717) is 11.4 Å². The second kappa shape index (κ2) is 5.92. The molecule has 0 atom stereocenters. The van der Waals surface area contributed by atoms with Crippen LogP contribution in [0.3, 0.4) is 0 Å². The second-order valence-corrected chi connectivity index (χ2v) is 4.06. The molecule has 0 spiro atoms. The number of carbonyl (C=O) groups is 2. The van der Waals surface area contributed by atoms with Crippen LogP contribution in [0.15, 0.2) is 42.7 Å². The lowest BCUT2D eigenvalue weighted by molar-refractivity contribution is 0.0954. The van der Waals surface area contributed by atoms with Crippen molar-refractivity contribution in [2.75, 3.05) is 19.0 Å². The fourth-order valence-electron chi connectivity index (χ4n) is 1.66. The van der Waals surface area contributed by atoms with Gasteiger partial charge in [0.1, 0.15) is 11.4 Å². The topological polar surface area (TPSA) is 75.2 Å². The number of rotatable bonds is 3. The minimum Gasteiger partial charge on any atom is -0.354 e. The molecule has 2 amide bonds. The molecule has 0 fully saturated rings. The number of carbonyl (C=O) groups excluding carboxylic acids is 2. The van der Waals surface area contributed by atoms with E-state index in [-0.39, 0.29) is 17.5 Å². The third-order valence-corrected chi connectivity index (χ3v) is 2.78. The van der Waals surface area contributed by atoms with E-state index in [0.717, 1.165) is 0 Å². The van der Waals surface area contributed by atoms with Gasteiger partial charge in [-0.25, -0.2) is 0 Å². The van der Waals surface area contributed by atoms with Crippen molar-refractivity contribution in [1.82, 2.24) is 15.3 Å². The molecule has 2 aromatic rings. The van der Waals surface area contributed by atoms with Crippen molar-refractivity contribution >= 4 is 17.5 Å². The molecule has 0 saturated carbocycles. The summed E-state index contributed by atoms with van der Waals surface area (Å²) < 4.78 is 0. The predicted molar refractivity (Wildman–Crippen MR) is 74.6 cm³/mol. The highest BCUT2D eigenvalue weighted by Gasteiger charge is 2.16. The number of nitrogens with one attached hydrogen (secondary N) is 1. The SMILES string of the molecule is CNC(=O)c1cc(N(C)C(=O)c2ccccn2)ccn1. The number of hydrogen-bond donors (Lipinski definition) is 1. The first kappa shape index (κ1) is 13.7. The van der Waals surface area contributed by atoms with E-state index in [1.54, 1.807) is 43.6 Å². The minimum atomic E-state index is -0.300. The van der Waals surface area contributed by atoms with E-state index in [4.69, 9.17) is 0 Å². The lowest BCUT2D eigenvalue weighted by Crippen LogP contribution is -2.27. The quantitative estimate of drug-likeness (QED) is 0.906. The fourth-order valence-corrected chi connectivity index (χ4v) is 1.66. The molecule has 2 aromatic heterocycles. The smallest absolute Gasteiger partial charge is 0.276 e. The lowest BCUT2D eigenvalue weighted by Gasteiger charge is -2.17. The van der Waals surface area contributed by atoms with E-state index in [1.807, 2.05) is 0 Å². The molecule has 6 nitrogen and oxygen atoms in total. The third-order valence-electron chi connectivity index (χ3n) is 2.78. The van der Waals surface area contributed by atoms with Crippen LogP contribution < -0.4 is 10.2 Å². The van der Waals surface area contributed by atoms with Gasteiger partial charge in [0.05, 0.1) is 0 Å². The minimum absolute atomic E-state index is 0.250. The zero-order valence-electron chi connectivity index (χ0n) is 11.2. The zero-order valence-corrected chi connectivity index (χ0v) is 11.2. The van der Waals surface area contributed by atoms with Crippen molar-refractivity contribution in [3.05, 3.63) is 54.1 Å². The van der Waals surface area contributed by atoms with E-state index in [1.165, 1.54) is 18.1 Å². The van der Waals surface area contributed by atoms with Gasteiger partial charge in [-0.1, -0.05) is 6.07 Å². The van der Waals surface area contributed by atoms with Gasteiger partial charge in [0.15, 0.2) is 0 Å². The average molecular weight is 270 g/mol. The van der Waals surface area contributed by atoms with Gasteiger partial charge >= 0.3 is 0 Å². The summed E-state index contributed by atoms with van der Waals surface area (Å²) in [6, 6.07) is 8.34. The van der Waals surface area contributed by atoms with Gasteiger partial charge in [0.25, 0.3) is 11.8 Å². The van der Waals surface area contributed by atoms with Crippen molar-refractivity contribution in [3.63, 3.8) is 0 Å². The summed E-state index contributed by atoms with van der Waals surface area (Å²) in [5.74, 6) is -0.551. The molecule has 0 aliphatic carbocycles. The van der Waals surface area contributed by atoms with Crippen molar-refractivity contribution in [3.8, 4) is 0 Å². The number of hydrogen-bond acceptors (Lipinski definition) is 4. The Kier molecular flexibility index (Phi) is 4.05. The average Bonchev–Trinajstić information content (AvgIpc) is 2.53. The summed E-state index contributed by atoms with van der Waals surface area (Å²) >= 11 is 0. The van der Waals surface area contributed by atoms with Gasteiger partial charge in [0.2, 0.25) is 0 Å². The van der Waals surface area contributed by atoms with Gasteiger partial charge in [-0.2, -0.15) is 0 Å². The Balaban J connectivity index is 2.27. The molecule has 1 N–H and O–H groups in total. The van der Waals surface area contributed by atoms with Crippen LogP contribution in [0, 0.1) is 0 Å². The maximum Gasteiger partial charge on any atom is 0.276 e. The first-order valence-electron chi connectivity index (χ1n) is 6.00. The number of amides is 2. The van der Waals surface area contributed by atoms with Crippen molar-refractivity contribution in [1.29, 1.82) is 0 Å². The van der Waals surface area contributed by atoms with Crippen LogP contribution in [0.1, 0.15) is 21.0 Å². The van der Waals surface area contributed by atoms with E-state index < -0.39 is 0 Å². The number of pyridine rings is 2. The monoisotopic (exact) mass is 270 g/mol. The van der Waals surface area contributed by atoms with Crippen LogP contribution in [-0.4, -0.2) is 35.9 Å². The van der Waals surface area contributed by atoms with Gasteiger partial charge in [-0.3, -0.25) is 19.6 Å². The Morgan fingerprint density at radius 1 is 1.10 bits per heavy atom. The van der Waals surface area contributed by atoms with Crippen LogP contribution in [-0.2, 0) is 0 Å². The van der Waals surface area contributed by atoms with E-state index in [9.17, 15) is 9.59 Å². The maximum atomic E-state index is 12.2. The van der Waals surface area contributed by atoms with Crippen molar-refractivity contribution < 1.29 is 9.59 Å². The van der Waals surface area contributed by atoms with Crippen LogP contribution in [0.2, 0.25) is 0 Å². The Morgan fingerprint density at radius 2 is 1.85 bits per heavy atom. The molecular weight excluding hydrogens is 256 g/mol. The highest BCUT2D eigenvalue weighted by atomic mass is 16.2. The molecule has 0 unspecified atom stereocenters. The summed E-state index contributed by atoms with van der Waals surface area (Å²) in [5, 5.41) is 2.49. The van der Waals surface area contributed by atoms with E-state index >= 15 is 0 Å². The molecule has 2 heterocycles. The lowest BCUT2D eigenvalue weighted by atomic mass is 10.2. The molecule has 0 aliphatic heterocycles. The van der Waals surface area contributed by atoms with Crippen molar-refractivity contribution in [2.45, 2.75) is 0 Å². The predicted octanol–water partition coefficient (Wildman–Crippen LogP) is 1.11. The Morgan fingerprint density at radius 3 is 2.50 bits per heavy atom. The molecule has 102 valence electrons. The first-order chi connectivity index (χ1) is 9.63. The number of nitrogens with zero attached hydrogens (tertiary/aromatic N) is 3. The molecule has 0 radical (unpaired) electrons. The van der Waals surface area contributed by atoms with Crippen molar-refractivity contribution in [2.24, 2.45) is 0 Å². The fraction of sp³-hybridized carbons (Fsp3) is 0.143. The van der Waals surface area contributed by atoms with Crippen LogP contribution in [0.25, 0.3) is 0 Å². The third kappa shape index (κ3) is 2.80. The molecule has 0 bridgehead atoms. The summed E-state index contributed by atoms with van der Waals surface area (Å²) in [5.41, 5.74) is 1.17. The number of aromatic nitrogens is 2. The zero-order chi connectivity index (χ0) is 14.5. The second-order valence-electron chi connectivity index (χ2n) is 4.06. The Labute approximate surface area is 116 Å². The first-order valence-corrected chi connectivity index (χ1v) is 6.00. The molecule has 0 aromatic carbocycles. The molecular formula is C14H14N4O2. The molecule has 20 heavy (non-hydrogen) atoms. The summed E-state index contributed by atoms with van der Waals surface area (Å²) in [4.78, 5) is 33.2. The molecule has 2 rings (SSSR count). The summed E-state index contributed by atoms with van der Waals surface area (Å²) in [6.45, 7) is 0. The standard InChI is InChI=1S/C14H14N4O2/c1-15-13(19)12-9-10(6-8-17-12)18(2)14(20)11-5-3-4-7-16-11/h3-9H,1-2H3,(H,15,19). The van der Waals surface area contributed by atoms with Gasteiger partial charge in [-0.05, 0) is 24.3 Å². The largest absolute Gasteiger partial charge is 0.354 e. The molecule has 0 saturated heterocycles. The summed E-state index contributed by atoms with van der Waals surface area (Å²) in [7, 11) is 3.15. The van der Waals surface area contributed by atoms with Crippen LogP contribution in [0.5, 0.6) is 0 Å². The van der Waals surface area contributed by atoms with Gasteiger partial charge in [0, 0.05) is 32.2 Å². The maximum absolute atomic E-state index is 12.2. The molecule has 6 heteroatoms. The van der Waals surface area contributed by atoms with Gasteiger partial charge in [-0.15, -0.1) is 0 Å². The Hall–Kier alpha value is -2.76. The summed E-state index contributed by atoms with van der Waals surface area (Å²) in [6.07, 6.45) is 3.05. The number of anilines is 1. The molecule has 0 aliphatic rings. The normalized spacial score (nSPS) is 9.90. The van der Waals surface area contributed by atoms with E-state index in [2.05, 4.69) is 15.3 Å². The highest BCUT2D eigenvalue weighted by molar-refractivity contribution is 6.05.